The number of carbonyl (C=O) groups excluding carboxylic acids is 1. The molecule has 1 rings (SSSR count). The van der Waals surface area contributed by atoms with Gasteiger partial charge in [-0.05, 0) is 37.5 Å². The van der Waals surface area contributed by atoms with Crippen LogP contribution >= 0.6 is 11.6 Å². The minimum atomic E-state index is -0.453. The number of benzene rings is 1. The normalized spacial score (nSPS) is 11.0. The van der Waals surface area contributed by atoms with Crippen LogP contribution < -0.4 is 4.90 Å². The minimum absolute atomic E-state index is 0.0635. The Hall–Kier alpha value is -1.09. The largest absolute Gasteiger partial charge is 0.309 e. The first-order chi connectivity index (χ1) is 10.0. The number of nitrogens with zero attached hydrogens (tertiary/aromatic N) is 1. The highest BCUT2D eigenvalue weighted by atomic mass is 35.5. The second-order valence-electron chi connectivity index (χ2n) is 5.34. The Kier molecular flexibility index (Phi) is 7.73. The summed E-state index contributed by atoms with van der Waals surface area (Å²) in [6, 6.07) is 4.69. The molecule has 0 N–H and O–H groups in total. The molecule has 0 atom stereocenters. The highest BCUT2D eigenvalue weighted by Gasteiger charge is 2.24. The molecule has 1 aromatic rings. The van der Waals surface area contributed by atoms with Gasteiger partial charge in [0.2, 0.25) is 5.91 Å². The molecule has 0 spiro atoms. The van der Waals surface area contributed by atoms with Gasteiger partial charge >= 0.3 is 0 Å². The van der Waals surface area contributed by atoms with E-state index in [-0.39, 0.29) is 17.0 Å². The third-order valence-electron chi connectivity index (χ3n) is 3.52. The third kappa shape index (κ3) is 4.99. The average Bonchev–Trinajstić information content (AvgIpc) is 2.44. The van der Waals surface area contributed by atoms with Crippen molar-refractivity contribution in [3.63, 3.8) is 0 Å². The van der Waals surface area contributed by atoms with Gasteiger partial charge in [0.05, 0.1) is 5.02 Å². The topological polar surface area (TPSA) is 20.3 Å². The molecule has 118 valence electrons. The summed E-state index contributed by atoms with van der Waals surface area (Å²) in [7, 11) is 0. The zero-order valence-corrected chi connectivity index (χ0v) is 13.9. The van der Waals surface area contributed by atoms with Gasteiger partial charge in [0.15, 0.2) is 0 Å². The van der Waals surface area contributed by atoms with Crippen LogP contribution in [0.25, 0.3) is 0 Å². The average molecular weight is 314 g/mol. The Morgan fingerprint density at radius 3 is 2.29 bits per heavy atom. The van der Waals surface area contributed by atoms with Gasteiger partial charge in [-0.1, -0.05) is 45.2 Å². The number of hydrogen-bond acceptors (Lipinski definition) is 1. The van der Waals surface area contributed by atoms with E-state index < -0.39 is 5.82 Å². The first-order valence-electron chi connectivity index (χ1n) is 7.82. The standard InChI is InChI=1S/C17H25ClFNO/c1-4-7-13(8-5-2)20(17(21)9-6-3)14-10-11-16(19)15(18)12-14/h10-13H,4-9H2,1-3H3. The molecule has 0 bridgehead atoms. The molecule has 0 unspecified atom stereocenters. The molecular weight excluding hydrogens is 289 g/mol. The van der Waals surface area contributed by atoms with Crippen LogP contribution in [0.5, 0.6) is 0 Å². The van der Waals surface area contributed by atoms with E-state index in [2.05, 4.69) is 13.8 Å². The molecule has 21 heavy (non-hydrogen) atoms. The predicted molar refractivity (Wildman–Crippen MR) is 87.4 cm³/mol. The number of rotatable bonds is 8. The highest BCUT2D eigenvalue weighted by Crippen LogP contribution is 2.28. The third-order valence-corrected chi connectivity index (χ3v) is 3.81. The van der Waals surface area contributed by atoms with Crippen molar-refractivity contribution in [2.75, 3.05) is 4.90 Å². The first kappa shape index (κ1) is 18.0. The number of amides is 1. The van der Waals surface area contributed by atoms with Gasteiger partial charge in [-0.25, -0.2) is 4.39 Å². The van der Waals surface area contributed by atoms with Crippen molar-refractivity contribution in [3.05, 3.63) is 29.0 Å². The summed E-state index contributed by atoms with van der Waals surface area (Å²) in [4.78, 5) is 14.3. The van der Waals surface area contributed by atoms with Crippen molar-refractivity contribution in [2.45, 2.75) is 65.3 Å². The molecule has 4 heteroatoms. The summed E-state index contributed by atoms with van der Waals surface area (Å²) >= 11 is 5.89. The molecule has 1 aromatic carbocycles. The zero-order valence-electron chi connectivity index (χ0n) is 13.2. The van der Waals surface area contributed by atoms with E-state index in [1.165, 1.54) is 6.07 Å². The molecule has 1 amide bonds. The van der Waals surface area contributed by atoms with Crippen molar-refractivity contribution < 1.29 is 9.18 Å². The Bertz CT molecular complexity index is 458. The van der Waals surface area contributed by atoms with Crippen molar-refractivity contribution >= 4 is 23.2 Å². The maximum absolute atomic E-state index is 13.4. The quantitative estimate of drug-likeness (QED) is 0.613. The van der Waals surface area contributed by atoms with E-state index >= 15 is 0 Å². The van der Waals surface area contributed by atoms with Crippen molar-refractivity contribution in [2.24, 2.45) is 0 Å². The van der Waals surface area contributed by atoms with Crippen LogP contribution in [0.4, 0.5) is 10.1 Å². The van der Waals surface area contributed by atoms with Crippen molar-refractivity contribution in [3.8, 4) is 0 Å². The monoisotopic (exact) mass is 313 g/mol. The van der Waals surface area contributed by atoms with Gasteiger partial charge < -0.3 is 4.90 Å². The molecule has 2 nitrogen and oxygen atoms in total. The maximum atomic E-state index is 13.4. The van der Waals surface area contributed by atoms with Gasteiger partial charge in [-0.2, -0.15) is 0 Å². The van der Waals surface area contributed by atoms with Crippen molar-refractivity contribution in [1.82, 2.24) is 0 Å². The second kappa shape index (κ2) is 9.04. The van der Waals surface area contributed by atoms with Gasteiger partial charge in [0.1, 0.15) is 5.82 Å². The fraction of sp³-hybridized carbons (Fsp3) is 0.588. The number of anilines is 1. The van der Waals surface area contributed by atoms with Crippen LogP contribution in [0.2, 0.25) is 5.02 Å². The van der Waals surface area contributed by atoms with Gasteiger partial charge in [0.25, 0.3) is 0 Å². The SMILES string of the molecule is CCCC(=O)N(c1ccc(F)c(Cl)c1)C(CCC)CCC. The molecule has 0 radical (unpaired) electrons. The fourth-order valence-electron chi connectivity index (χ4n) is 2.60. The molecule has 0 aliphatic heterocycles. The highest BCUT2D eigenvalue weighted by molar-refractivity contribution is 6.31. The summed E-state index contributed by atoms with van der Waals surface area (Å²) in [5.41, 5.74) is 0.701. The van der Waals surface area contributed by atoms with Gasteiger partial charge in [0, 0.05) is 18.2 Å². The molecule has 0 saturated heterocycles. The Labute approximate surface area is 132 Å². The van der Waals surface area contributed by atoms with E-state index in [9.17, 15) is 9.18 Å². The molecule has 0 aliphatic rings. The Morgan fingerprint density at radius 2 is 1.81 bits per heavy atom. The van der Waals surface area contributed by atoms with Crippen LogP contribution in [0.1, 0.15) is 59.3 Å². The van der Waals surface area contributed by atoms with E-state index in [0.29, 0.717) is 12.1 Å². The molecule has 0 aliphatic carbocycles. The number of halogens is 2. The van der Waals surface area contributed by atoms with Crippen LogP contribution in [0.15, 0.2) is 18.2 Å². The lowest BCUT2D eigenvalue weighted by Crippen LogP contribution is -2.40. The summed E-state index contributed by atoms with van der Waals surface area (Å²) in [6.45, 7) is 6.22. The van der Waals surface area contributed by atoms with Crippen LogP contribution in [-0.2, 0) is 4.79 Å². The molecular formula is C17H25ClFNO. The predicted octanol–water partition coefficient (Wildman–Crippen LogP) is 5.58. The van der Waals surface area contributed by atoms with Crippen LogP contribution in [0, 0.1) is 5.82 Å². The lowest BCUT2D eigenvalue weighted by Gasteiger charge is -2.32. The van der Waals surface area contributed by atoms with Gasteiger partial charge in [-0.3, -0.25) is 4.79 Å². The first-order valence-corrected chi connectivity index (χ1v) is 8.19. The molecule has 0 aromatic heterocycles. The van der Waals surface area contributed by atoms with Gasteiger partial charge in [-0.15, -0.1) is 0 Å². The van der Waals surface area contributed by atoms with E-state index in [0.717, 1.165) is 32.1 Å². The summed E-state index contributed by atoms with van der Waals surface area (Å²) < 4.78 is 13.4. The van der Waals surface area contributed by atoms with E-state index in [1.807, 2.05) is 11.8 Å². The minimum Gasteiger partial charge on any atom is -0.309 e. The smallest absolute Gasteiger partial charge is 0.227 e. The molecule has 0 saturated carbocycles. The van der Waals surface area contributed by atoms with E-state index in [1.54, 1.807) is 12.1 Å². The lowest BCUT2D eigenvalue weighted by molar-refractivity contribution is -0.119. The molecule has 0 heterocycles. The second-order valence-corrected chi connectivity index (χ2v) is 5.75. The fourth-order valence-corrected chi connectivity index (χ4v) is 2.77. The molecule has 0 fully saturated rings. The Morgan fingerprint density at radius 1 is 1.19 bits per heavy atom. The van der Waals surface area contributed by atoms with Crippen LogP contribution in [0.3, 0.4) is 0 Å². The van der Waals surface area contributed by atoms with Crippen LogP contribution in [-0.4, -0.2) is 11.9 Å². The number of hydrogen-bond donors (Lipinski definition) is 0. The van der Waals surface area contributed by atoms with E-state index in [4.69, 9.17) is 11.6 Å². The summed E-state index contributed by atoms with van der Waals surface area (Å²) in [6.07, 6.45) is 5.20. The zero-order chi connectivity index (χ0) is 15.8. The van der Waals surface area contributed by atoms with Crippen molar-refractivity contribution in [1.29, 1.82) is 0 Å². The Balaban J connectivity index is 3.15. The summed E-state index contributed by atoms with van der Waals surface area (Å²) in [5.74, 6) is -0.363. The maximum Gasteiger partial charge on any atom is 0.227 e. The lowest BCUT2D eigenvalue weighted by atomic mass is 10.0. The summed E-state index contributed by atoms with van der Waals surface area (Å²) in [5, 5.41) is 0.0635. The number of carbonyl (C=O) groups is 1.